The summed E-state index contributed by atoms with van der Waals surface area (Å²) in [5.41, 5.74) is 0. The Labute approximate surface area is 171 Å². The molecule has 0 rings (SSSR count). The fraction of sp³-hybridized carbons (Fsp3) is 0. The molecule has 15 heteroatoms. The van der Waals surface area contributed by atoms with Crippen LogP contribution < -0.4 is 0 Å². The second kappa shape index (κ2) is 365. The molecule has 0 aromatic heterocycles. The summed E-state index contributed by atoms with van der Waals surface area (Å²) in [4.78, 5) is 0. The molecule has 0 bridgehead atoms. The predicted molar refractivity (Wildman–Crippen MR) is 6.18 cm³/mol. The molecule has 0 atom stereocenters. The molecule has 0 N–H and O–H groups in total. The molecule has 9 nitrogen and oxygen atoms in total. The Morgan fingerprint density at radius 2 is 0.267 bits per heavy atom. The van der Waals surface area contributed by atoms with Gasteiger partial charge in [-0.25, -0.2) is 0 Å². The van der Waals surface area contributed by atoms with E-state index in [0.717, 1.165) is 0 Å². The quantitative estimate of drug-likeness (QED) is 0.263. The van der Waals surface area contributed by atoms with Crippen molar-refractivity contribution in [1.82, 2.24) is 0 Å². The molecule has 0 saturated carbocycles. The summed E-state index contributed by atoms with van der Waals surface area (Å²) in [6.45, 7) is 0. The number of hydrogen-bond acceptors (Lipinski definition) is 0. The Balaban J connectivity index is 0. The van der Waals surface area contributed by atoms with Crippen molar-refractivity contribution in [3.05, 3.63) is 0 Å². The zero-order valence-electron chi connectivity index (χ0n) is 5.94. The van der Waals surface area contributed by atoms with Crippen molar-refractivity contribution in [2.45, 2.75) is 0 Å². The normalized spacial score (nSPS) is 0. The van der Waals surface area contributed by atoms with Gasteiger partial charge in [0.25, 0.3) is 0 Å². The van der Waals surface area contributed by atoms with E-state index in [9.17, 15) is 0 Å². The Morgan fingerprint density at radius 1 is 0.267 bits per heavy atom. The van der Waals surface area contributed by atoms with Crippen LogP contribution in [-0.4, -0.2) is 0 Å². The van der Waals surface area contributed by atoms with Crippen LogP contribution in [0.3, 0.4) is 0 Å². The average molecular weight is 1090 g/mol. The van der Waals surface area contributed by atoms with E-state index in [2.05, 4.69) is 0 Å². The van der Waals surface area contributed by atoms with E-state index in [4.69, 9.17) is 0 Å². The van der Waals surface area contributed by atoms with Gasteiger partial charge in [-0.3, -0.25) is 0 Å². The van der Waals surface area contributed by atoms with Gasteiger partial charge in [-0.1, -0.05) is 0 Å². The molecule has 2 radical (unpaired) electrons. The van der Waals surface area contributed by atoms with Gasteiger partial charge >= 0.3 is 85.0 Å². The second-order valence-electron chi connectivity index (χ2n) is 0. The van der Waals surface area contributed by atoms with Crippen molar-refractivity contribution in [3.8, 4) is 0 Å². The molecule has 0 unspecified atom stereocenters. The standard InChI is InChI=1S/2Ir.9O.2Ru.2Ta/q2*+4;9*-2;;;2*+5. The van der Waals surface area contributed by atoms with E-state index in [1.165, 1.54) is 0 Å². The fourth-order valence-corrected chi connectivity index (χ4v) is 0. The first-order valence-electron chi connectivity index (χ1n) is 0. The van der Waals surface area contributed by atoms with Gasteiger partial charge in [0.15, 0.2) is 0 Å². The first kappa shape index (κ1) is 433. The maximum Gasteiger partial charge on any atom is 5.00 e. The maximum absolute atomic E-state index is 0. The molecular formula is Ir2O9Ru2Ta2. The molecule has 98 valence electrons. The molecule has 0 amide bonds. The smallest absolute Gasteiger partial charge is 2.00 e. The zero-order chi connectivity index (χ0) is 0. The van der Waals surface area contributed by atoms with E-state index in [0.29, 0.717) is 0 Å². The van der Waals surface area contributed by atoms with E-state index >= 15 is 0 Å². The van der Waals surface area contributed by atoms with Crippen LogP contribution in [0.1, 0.15) is 0 Å². The molecule has 0 aliphatic carbocycles. The van der Waals surface area contributed by atoms with Crippen molar-refractivity contribution >= 4 is 0 Å². The van der Waals surface area contributed by atoms with Crippen LogP contribution >= 0.6 is 0 Å². The largest absolute Gasteiger partial charge is 5.00 e. The van der Waals surface area contributed by atoms with Gasteiger partial charge in [-0.05, 0) is 0 Å². The first-order valence-corrected chi connectivity index (χ1v) is 0. The molecule has 0 aliphatic rings. The maximum atomic E-state index is 0. The molecular weight excluding hydrogens is 1090 g/mol. The number of rotatable bonds is 0. The Kier molecular flexibility index (Phi) is 10600. The monoisotopic (exact) mass is 1100 g/mol. The van der Waals surface area contributed by atoms with Crippen LogP contribution in [-0.2, 0) is 173 Å². The average Bonchev–Trinajstić information content (AvgIpc) is 0. The third-order valence-corrected chi connectivity index (χ3v) is 0. The van der Waals surface area contributed by atoms with Crippen LogP contribution in [0.4, 0.5) is 0 Å². The summed E-state index contributed by atoms with van der Waals surface area (Å²) in [5, 5.41) is 0. The minimum atomic E-state index is 0. The van der Waals surface area contributed by atoms with E-state index in [1.807, 2.05) is 0 Å². The third-order valence-electron chi connectivity index (χ3n) is 0. The van der Waals surface area contributed by atoms with Gasteiger partial charge in [0.05, 0.1) is 0 Å². The van der Waals surface area contributed by atoms with Crippen molar-refractivity contribution in [2.24, 2.45) is 0 Å². The van der Waals surface area contributed by atoms with Gasteiger partial charge in [0.2, 0.25) is 0 Å². The summed E-state index contributed by atoms with van der Waals surface area (Å²) >= 11 is 0. The Hall–Kier alpha value is 3.67. The molecule has 0 heterocycles. The van der Waals surface area contributed by atoms with Crippen LogP contribution in [0, 0.1) is 0 Å². The first-order chi connectivity index (χ1) is 0. The molecule has 0 saturated heterocycles. The summed E-state index contributed by atoms with van der Waals surface area (Å²) in [5.74, 6) is 0. The van der Waals surface area contributed by atoms with Crippen molar-refractivity contribution < 1.29 is 173 Å². The van der Waals surface area contributed by atoms with Crippen LogP contribution in [0.5, 0.6) is 0 Å². The van der Waals surface area contributed by atoms with Gasteiger partial charge in [-0.15, -0.1) is 0 Å². The predicted octanol–water partition coefficient (Wildman–Crippen LogP) is -1.08. The molecule has 0 aliphatic heterocycles. The Morgan fingerprint density at radius 3 is 0.267 bits per heavy atom. The summed E-state index contributed by atoms with van der Waals surface area (Å²) < 4.78 is 0. The van der Waals surface area contributed by atoms with Gasteiger partial charge in [0, 0.05) is 39.0 Å². The fourth-order valence-electron chi connectivity index (χ4n) is 0. The van der Waals surface area contributed by atoms with Crippen LogP contribution in [0.15, 0.2) is 0 Å². The molecule has 15 heavy (non-hydrogen) atoms. The Bertz CT molecular complexity index is 24.1. The minimum absolute atomic E-state index is 0. The van der Waals surface area contributed by atoms with Gasteiger partial charge in [-0.2, -0.15) is 0 Å². The molecule has 0 spiro atoms. The summed E-state index contributed by atoms with van der Waals surface area (Å²) in [6.07, 6.45) is 0. The van der Waals surface area contributed by atoms with E-state index < -0.39 is 0 Å². The van der Waals surface area contributed by atoms with Crippen molar-refractivity contribution in [1.29, 1.82) is 0 Å². The van der Waals surface area contributed by atoms with Gasteiger partial charge in [0.1, 0.15) is 0 Å². The van der Waals surface area contributed by atoms with Gasteiger partial charge < -0.3 is 49.3 Å². The molecule has 0 aromatic carbocycles. The van der Waals surface area contributed by atoms with E-state index in [1.54, 1.807) is 0 Å². The number of hydrogen-bond donors (Lipinski definition) is 0. The minimum Gasteiger partial charge on any atom is -2.00 e. The molecule has 0 aromatic rings. The third kappa shape index (κ3) is 323. The molecule has 0 fully saturated rings. The van der Waals surface area contributed by atoms with Crippen molar-refractivity contribution in [3.63, 3.8) is 0 Å². The topological polar surface area (TPSA) is 256 Å². The second-order valence-corrected chi connectivity index (χ2v) is 0. The zero-order valence-corrected chi connectivity index (χ0v) is 20.6. The van der Waals surface area contributed by atoms with Crippen LogP contribution in [0.2, 0.25) is 0 Å². The van der Waals surface area contributed by atoms with Crippen molar-refractivity contribution in [2.75, 3.05) is 0 Å². The van der Waals surface area contributed by atoms with E-state index in [-0.39, 0.29) is 173 Å². The SMILES string of the molecule is [Ir+4].[Ir+4].[O-2].[O-2].[O-2].[O-2].[O-2].[O-2].[O-2].[O-2].[O-2].[Ru].[Ru].[Ta+5].[Ta+5]. The summed E-state index contributed by atoms with van der Waals surface area (Å²) in [6, 6.07) is 0. The van der Waals surface area contributed by atoms with Crippen LogP contribution in [0.25, 0.3) is 0 Å². The summed E-state index contributed by atoms with van der Waals surface area (Å²) in [7, 11) is 0.